The van der Waals surface area contributed by atoms with Gasteiger partial charge in [-0.3, -0.25) is 4.79 Å². The zero-order valence-electron chi connectivity index (χ0n) is 12.7. The van der Waals surface area contributed by atoms with Crippen molar-refractivity contribution in [1.82, 2.24) is 0 Å². The Bertz CT molecular complexity index is 377. The van der Waals surface area contributed by atoms with Gasteiger partial charge in [-0.2, -0.15) is 0 Å². The Morgan fingerprint density at radius 3 is 2.56 bits per heavy atom. The fraction of sp³-hybridized carbons (Fsp3) is 0.824. The summed E-state index contributed by atoms with van der Waals surface area (Å²) < 4.78 is 0. The van der Waals surface area contributed by atoms with Crippen LogP contribution in [0.1, 0.15) is 66.7 Å². The normalized spacial score (nSPS) is 41.8. The highest BCUT2D eigenvalue weighted by Gasteiger charge is 2.52. The van der Waals surface area contributed by atoms with Crippen LogP contribution in [-0.4, -0.2) is 5.78 Å². The highest BCUT2D eigenvalue weighted by molar-refractivity contribution is 5.82. The topological polar surface area (TPSA) is 17.1 Å². The van der Waals surface area contributed by atoms with Gasteiger partial charge in [0.25, 0.3) is 0 Å². The van der Waals surface area contributed by atoms with Gasteiger partial charge < -0.3 is 0 Å². The molecule has 2 rings (SSSR count). The molecule has 2 saturated carbocycles. The van der Waals surface area contributed by atoms with Gasteiger partial charge in [-0.1, -0.05) is 46.3 Å². The summed E-state index contributed by atoms with van der Waals surface area (Å²) in [6.45, 7) is 11.6. The lowest BCUT2D eigenvalue weighted by molar-refractivity contribution is -0.131. The third-order valence-corrected chi connectivity index (χ3v) is 5.65. The van der Waals surface area contributed by atoms with Crippen LogP contribution in [0.4, 0.5) is 0 Å². The Labute approximate surface area is 112 Å². The lowest BCUT2D eigenvalue weighted by Gasteiger charge is -2.55. The van der Waals surface area contributed by atoms with Gasteiger partial charge in [0.2, 0.25) is 0 Å². The summed E-state index contributed by atoms with van der Waals surface area (Å²) in [6.07, 6.45) is 7.87. The molecule has 0 amide bonds. The first-order valence-corrected chi connectivity index (χ1v) is 7.57. The number of carbonyl (C=O) groups is 1. The highest BCUT2D eigenvalue weighted by Crippen LogP contribution is 2.59. The van der Waals surface area contributed by atoms with E-state index in [1.807, 2.05) is 0 Å². The van der Waals surface area contributed by atoms with Crippen LogP contribution in [0.25, 0.3) is 0 Å². The average molecular weight is 248 g/mol. The molecule has 0 aliphatic heterocycles. The first-order chi connectivity index (χ1) is 8.33. The molecule has 0 N–H and O–H groups in total. The standard InChI is InChI=1S/C17H28O/c1-6-7-15-16(3,4)10-8-13-12(2)14(18)9-11-17(13,15)5/h7,12-13H,6,8-11H2,1-5H3/b15-7+. The smallest absolute Gasteiger partial charge is 0.136 e. The number of hydrogen-bond acceptors (Lipinski definition) is 1. The fourth-order valence-electron chi connectivity index (χ4n) is 4.61. The second-order valence-electron chi connectivity index (χ2n) is 7.23. The van der Waals surface area contributed by atoms with Crippen molar-refractivity contribution < 1.29 is 4.79 Å². The summed E-state index contributed by atoms with van der Waals surface area (Å²) in [4.78, 5) is 12.0. The number of hydrogen-bond donors (Lipinski definition) is 0. The highest BCUT2D eigenvalue weighted by atomic mass is 16.1. The van der Waals surface area contributed by atoms with E-state index in [9.17, 15) is 4.79 Å². The summed E-state index contributed by atoms with van der Waals surface area (Å²) in [5.74, 6) is 1.33. The van der Waals surface area contributed by atoms with Crippen LogP contribution >= 0.6 is 0 Å². The van der Waals surface area contributed by atoms with Crippen molar-refractivity contribution in [3.05, 3.63) is 11.6 Å². The zero-order valence-corrected chi connectivity index (χ0v) is 12.7. The van der Waals surface area contributed by atoms with Gasteiger partial charge in [0.15, 0.2) is 0 Å². The monoisotopic (exact) mass is 248 g/mol. The van der Waals surface area contributed by atoms with Gasteiger partial charge in [0, 0.05) is 12.3 Å². The van der Waals surface area contributed by atoms with E-state index in [4.69, 9.17) is 0 Å². The van der Waals surface area contributed by atoms with E-state index in [2.05, 4.69) is 40.7 Å². The molecular formula is C17H28O. The van der Waals surface area contributed by atoms with Crippen molar-refractivity contribution in [3.63, 3.8) is 0 Å². The molecule has 0 bridgehead atoms. The quantitative estimate of drug-likeness (QED) is 0.611. The minimum atomic E-state index is 0.264. The Morgan fingerprint density at radius 1 is 1.28 bits per heavy atom. The van der Waals surface area contributed by atoms with Crippen LogP contribution in [0.3, 0.4) is 0 Å². The Balaban J connectivity index is 2.43. The molecule has 0 saturated heterocycles. The Morgan fingerprint density at radius 2 is 1.94 bits per heavy atom. The van der Waals surface area contributed by atoms with Crippen LogP contribution in [0.15, 0.2) is 11.6 Å². The number of fused-ring (bicyclic) bond motifs is 1. The largest absolute Gasteiger partial charge is 0.299 e. The van der Waals surface area contributed by atoms with Gasteiger partial charge >= 0.3 is 0 Å². The number of carbonyl (C=O) groups excluding carboxylic acids is 1. The SMILES string of the molecule is CC/C=C1\C(C)(C)CCC2C(C)C(=O)CCC12C. The minimum absolute atomic E-state index is 0.264. The summed E-state index contributed by atoms with van der Waals surface area (Å²) in [5.41, 5.74) is 2.22. The molecule has 1 nitrogen and oxygen atoms in total. The van der Waals surface area contributed by atoms with E-state index in [1.54, 1.807) is 5.57 Å². The van der Waals surface area contributed by atoms with Gasteiger partial charge in [0.05, 0.1) is 0 Å². The van der Waals surface area contributed by atoms with E-state index in [1.165, 1.54) is 12.8 Å². The lowest BCUT2D eigenvalue weighted by Crippen LogP contribution is -2.48. The molecule has 2 aliphatic rings. The Hall–Kier alpha value is -0.590. The van der Waals surface area contributed by atoms with Crippen molar-refractivity contribution in [2.75, 3.05) is 0 Å². The zero-order chi connectivity index (χ0) is 13.6. The molecule has 102 valence electrons. The maximum Gasteiger partial charge on any atom is 0.136 e. The van der Waals surface area contributed by atoms with Crippen LogP contribution < -0.4 is 0 Å². The molecule has 1 heteroatoms. The summed E-state index contributed by atoms with van der Waals surface area (Å²) in [7, 11) is 0. The molecular weight excluding hydrogens is 220 g/mol. The molecule has 3 atom stereocenters. The lowest BCUT2D eigenvalue weighted by atomic mass is 9.49. The van der Waals surface area contributed by atoms with Crippen LogP contribution in [-0.2, 0) is 4.79 Å². The van der Waals surface area contributed by atoms with Crippen molar-refractivity contribution >= 4 is 5.78 Å². The molecule has 0 aromatic rings. The van der Waals surface area contributed by atoms with Crippen LogP contribution in [0, 0.1) is 22.7 Å². The van der Waals surface area contributed by atoms with E-state index < -0.39 is 0 Å². The Kier molecular flexibility index (Phi) is 3.46. The van der Waals surface area contributed by atoms with Gasteiger partial charge in [-0.15, -0.1) is 0 Å². The summed E-state index contributed by atoms with van der Waals surface area (Å²) in [5, 5.41) is 0. The summed E-state index contributed by atoms with van der Waals surface area (Å²) >= 11 is 0. The van der Waals surface area contributed by atoms with Crippen LogP contribution in [0.5, 0.6) is 0 Å². The van der Waals surface area contributed by atoms with Crippen molar-refractivity contribution in [2.45, 2.75) is 66.7 Å². The van der Waals surface area contributed by atoms with Crippen molar-refractivity contribution in [2.24, 2.45) is 22.7 Å². The fourth-order valence-corrected chi connectivity index (χ4v) is 4.61. The molecule has 0 aromatic heterocycles. The molecule has 0 heterocycles. The number of allylic oxidation sites excluding steroid dienone is 2. The number of ketones is 1. The first kappa shape index (κ1) is 13.8. The minimum Gasteiger partial charge on any atom is -0.299 e. The van der Waals surface area contributed by atoms with E-state index in [0.717, 1.165) is 19.3 Å². The van der Waals surface area contributed by atoms with Gasteiger partial charge in [-0.05, 0) is 42.4 Å². The van der Waals surface area contributed by atoms with E-state index >= 15 is 0 Å². The predicted molar refractivity (Wildman–Crippen MR) is 76.4 cm³/mol. The predicted octanol–water partition coefficient (Wildman–Crippen LogP) is 4.76. The molecule has 18 heavy (non-hydrogen) atoms. The van der Waals surface area contributed by atoms with Gasteiger partial charge in [-0.25, -0.2) is 0 Å². The van der Waals surface area contributed by atoms with E-state index in [-0.39, 0.29) is 11.3 Å². The maximum atomic E-state index is 12.0. The molecule has 0 radical (unpaired) electrons. The number of rotatable bonds is 1. The van der Waals surface area contributed by atoms with Crippen LogP contribution in [0.2, 0.25) is 0 Å². The first-order valence-electron chi connectivity index (χ1n) is 7.57. The van der Waals surface area contributed by atoms with E-state index in [0.29, 0.717) is 17.1 Å². The third kappa shape index (κ3) is 1.96. The van der Waals surface area contributed by atoms with Gasteiger partial charge in [0.1, 0.15) is 5.78 Å². The molecule has 2 aliphatic carbocycles. The second kappa shape index (κ2) is 4.51. The molecule has 2 fully saturated rings. The van der Waals surface area contributed by atoms with Crippen molar-refractivity contribution in [3.8, 4) is 0 Å². The molecule has 3 unspecified atom stereocenters. The molecule has 0 spiro atoms. The number of Topliss-reactive ketones (excluding diaryl/α,β-unsaturated/α-hetero) is 1. The average Bonchev–Trinajstić information content (AvgIpc) is 2.29. The summed E-state index contributed by atoms with van der Waals surface area (Å²) in [6, 6.07) is 0. The van der Waals surface area contributed by atoms with Crippen molar-refractivity contribution in [1.29, 1.82) is 0 Å². The second-order valence-corrected chi connectivity index (χ2v) is 7.23. The maximum absolute atomic E-state index is 12.0. The molecule has 0 aromatic carbocycles. The third-order valence-electron chi connectivity index (χ3n) is 5.65.